The van der Waals surface area contributed by atoms with Crippen LogP contribution in [0.25, 0.3) is 0 Å². The Morgan fingerprint density at radius 2 is 2.00 bits per heavy atom. The van der Waals surface area contributed by atoms with Crippen molar-refractivity contribution in [1.82, 2.24) is 14.8 Å². The van der Waals surface area contributed by atoms with Crippen molar-refractivity contribution in [3.8, 4) is 0 Å². The first kappa shape index (κ1) is 12.3. The molecule has 0 amide bonds. The van der Waals surface area contributed by atoms with E-state index in [0.29, 0.717) is 0 Å². The molecular formula is C13H16BrN3. The van der Waals surface area contributed by atoms with Gasteiger partial charge < -0.3 is 0 Å². The van der Waals surface area contributed by atoms with E-state index in [4.69, 9.17) is 0 Å². The number of hydrogen-bond donors (Lipinski definition) is 0. The van der Waals surface area contributed by atoms with Gasteiger partial charge in [0.1, 0.15) is 0 Å². The first-order valence-electron chi connectivity index (χ1n) is 5.89. The number of nitrogens with zero attached hydrogens (tertiary/aromatic N) is 3. The van der Waals surface area contributed by atoms with Crippen molar-refractivity contribution in [2.45, 2.75) is 33.2 Å². The zero-order chi connectivity index (χ0) is 12.3. The number of halogens is 1. The summed E-state index contributed by atoms with van der Waals surface area (Å²) in [4.78, 5) is 4.38. The Balaban J connectivity index is 2.22. The molecule has 0 fully saturated rings. The van der Waals surface area contributed by atoms with E-state index < -0.39 is 0 Å². The van der Waals surface area contributed by atoms with Crippen LogP contribution < -0.4 is 0 Å². The minimum atomic E-state index is 0.746. The van der Waals surface area contributed by atoms with Gasteiger partial charge in [0.25, 0.3) is 0 Å². The first-order chi connectivity index (χ1) is 8.22. The topological polar surface area (TPSA) is 30.7 Å². The fraction of sp³-hybridized carbons (Fsp3) is 0.385. The monoisotopic (exact) mass is 293 g/mol. The van der Waals surface area contributed by atoms with Crippen molar-refractivity contribution < 1.29 is 0 Å². The van der Waals surface area contributed by atoms with Gasteiger partial charge in [-0.15, -0.1) is 0 Å². The van der Waals surface area contributed by atoms with Crippen LogP contribution >= 0.6 is 15.9 Å². The normalized spacial score (nSPS) is 10.8. The summed E-state index contributed by atoms with van der Waals surface area (Å²) in [6, 6.07) is 6.22. The summed E-state index contributed by atoms with van der Waals surface area (Å²) in [5, 5.41) is 4.58. The molecule has 0 aliphatic carbocycles. The molecular weight excluding hydrogens is 278 g/mol. The second-order valence-corrected chi connectivity index (χ2v) is 4.88. The molecule has 0 aliphatic rings. The molecule has 2 aromatic rings. The lowest BCUT2D eigenvalue weighted by molar-refractivity contribution is 0.629. The minimum absolute atomic E-state index is 0.746. The van der Waals surface area contributed by atoms with Crippen molar-refractivity contribution in [3.05, 3.63) is 46.0 Å². The van der Waals surface area contributed by atoms with Crippen molar-refractivity contribution in [2.75, 3.05) is 0 Å². The lowest BCUT2D eigenvalue weighted by Gasteiger charge is -2.05. The molecule has 0 saturated heterocycles. The highest BCUT2D eigenvalue weighted by Gasteiger charge is 2.06. The van der Waals surface area contributed by atoms with Gasteiger partial charge in [-0.05, 0) is 47.0 Å². The third-order valence-corrected chi connectivity index (χ3v) is 3.21. The highest BCUT2D eigenvalue weighted by Crippen LogP contribution is 2.11. The zero-order valence-electron chi connectivity index (χ0n) is 10.2. The van der Waals surface area contributed by atoms with Crippen molar-refractivity contribution in [1.29, 1.82) is 0 Å². The minimum Gasteiger partial charge on any atom is -0.263 e. The van der Waals surface area contributed by atoms with Crippen LogP contribution in [0.15, 0.2) is 28.9 Å². The third-order valence-electron chi connectivity index (χ3n) is 2.74. The standard InChI is InChI=1S/C13H16BrN3/c1-3-11-7-13(4-2)17(16-11)9-12-6-5-10(14)8-15-12/h5-8H,3-4,9H2,1-2H3. The molecule has 0 saturated carbocycles. The first-order valence-corrected chi connectivity index (χ1v) is 6.68. The Morgan fingerprint density at radius 1 is 1.18 bits per heavy atom. The highest BCUT2D eigenvalue weighted by atomic mass is 79.9. The Kier molecular flexibility index (Phi) is 3.94. The average Bonchev–Trinajstić information content (AvgIpc) is 2.74. The van der Waals surface area contributed by atoms with E-state index in [-0.39, 0.29) is 0 Å². The molecule has 2 heterocycles. The fourth-order valence-electron chi connectivity index (χ4n) is 1.76. The van der Waals surface area contributed by atoms with E-state index in [9.17, 15) is 0 Å². The predicted octanol–water partition coefficient (Wildman–Crippen LogP) is 3.21. The molecule has 2 rings (SSSR count). The zero-order valence-corrected chi connectivity index (χ0v) is 11.7. The molecule has 0 unspecified atom stereocenters. The largest absolute Gasteiger partial charge is 0.263 e. The van der Waals surface area contributed by atoms with Gasteiger partial charge in [0.05, 0.1) is 17.9 Å². The SMILES string of the molecule is CCc1cc(CC)n(Cc2ccc(Br)cn2)n1. The maximum atomic E-state index is 4.58. The van der Waals surface area contributed by atoms with Gasteiger partial charge in [0.2, 0.25) is 0 Å². The van der Waals surface area contributed by atoms with Crippen LogP contribution in [0.4, 0.5) is 0 Å². The Hall–Kier alpha value is -1.16. The van der Waals surface area contributed by atoms with E-state index in [1.54, 1.807) is 0 Å². The number of hydrogen-bond acceptors (Lipinski definition) is 2. The number of rotatable bonds is 4. The van der Waals surface area contributed by atoms with Crippen LogP contribution in [0.2, 0.25) is 0 Å². The molecule has 0 aromatic carbocycles. The molecule has 2 aromatic heterocycles. The third kappa shape index (κ3) is 2.94. The average molecular weight is 294 g/mol. The van der Waals surface area contributed by atoms with Gasteiger partial charge >= 0.3 is 0 Å². The summed E-state index contributed by atoms with van der Waals surface area (Å²) in [6.07, 6.45) is 3.81. The van der Waals surface area contributed by atoms with Crippen LogP contribution in [0.3, 0.4) is 0 Å². The summed E-state index contributed by atoms with van der Waals surface area (Å²) in [5.74, 6) is 0. The molecule has 3 nitrogen and oxygen atoms in total. The van der Waals surface area contributed by atoms with E-state index in [1.807, 2.05) is 18.3 Å². The van der Waals surface area contributed by atoms with E-state index >= 15 is 0 Å². The second kappa shape index (κ2) is 5.45. The smallest absolute Gasteiger partial charge is 0.0834 e. The fourth-order valence-corrected chi connectivity index (χ4v) is 2.00. The number of aryl methyl sites for hydroxylation is 2. The Labute approximate surface area is 110 Å². The molecule has 0 aliphatic heterocycles. The van der Waals surface area contributed by atoms with Gasteiger partial charge in [-0.1, -0.05) is 13.8 Å². The maximum absolute atomic E-state index is 4.58. The van der Waals surface area contributed by atoms with E-state index in [1.165, 1.54) is 5.69 Å². The van der Waals surface area contributed by atoms with Crippen LogP contribution in [0.5, 0.6) is 0 Å². The summed E-state index contributed by atoms with van der Waals surface area (Å²) in [5.41, 5.74) is 3.46. The predicted molar refractivity (Wildman–Crippen MR) is 72.0 cm³/mol. The Morgan fingerprint density at radius 3 is 2.59 bits per heavy atom. The molecule has 90 valence electrons. The molecule has 0 atom stereocenters. The number of pyridine rings is 1. The molecule has 0 N–H and O–H groups in total. The van der Waals surface area contributed by atoms with Gasteiger partial charge in [-0.25, -0.2) is 0 Å². The van der Waals surface area contributed by atoms with Crippen LogP contribution in [0, 0.1) is 0 Å². The van der Waals surface area contributed by atoms with Gasteiger partial charge in [0, 0.05) is 16.4 Å². The lowest BCUT2D eigenvalue weighted by atomic mass is 10.2. The van der Waals surface area contributed by atoms with Crippen LogP contribution in [0.1, 0.15) is 30.9 Å². The van der Waals surface area contributed by atoms with Crippen LogP contribution in [-0.2, 0) is 19.4 Å². The summed E-state index contributed by atoms with van der Waals surface area (Å²) < 4.78 is 3.06. The summed E-state index contributed by atoms with van der Waals surface area (Å²) in [6.45, 7) is 5.03. The molecule has 0 spiro atoms. The Bertz CT molecular complexity index is 488. The van der Waals surface area contributed by atoms with Gasteiger partial charge in [0.15, 0.2) is 0 Å². The quantitative estimate of drug-likeness (QED) is 0.867. The van der Waals surface area contributed by atoms with Crippen LogP contribution in [-0.4, -0.2) is 14.8 Å². The maximum Gasteiger partial charge on any atom is 0.0834 e. The molecule has 4 heteroatoms. The van der Waals surface area contributed by atoms with Crippen molar-refractivity contribution >= 4 is 15.9 Å². The van der Waals surface area contributed by atoms with Crippen molar-refractivity contribution in [2.24, 2.45) is 0 Å². The summed E-state index contributed by atoms with van der Waals surface area (Å²) in [7, 11) is 0. The van der Waals surface area contributed by atoms with Gasteiger partial charge in [-0.2, -0.15) is 5.10 Å². The highest BCUT2D eigenvalue weighted by molar-refractivity contribution is 9.10. The molecule has 0 bridgehead atoms. The molecule has 17 heavy (non-hydrogen) atoms. The van der Waals surface area contributed by atoms with Crippen molar-refractivity contribution in [3.63, 3.8) is 0 Å². The van der Waals surface area contributed by atoms with E-state index in [0.717, 1.165) is 35.2 Å². The number of aromatic nitrogens is 3. The van der Waals surface area contributed by atoms with Gasteiger partial charge in [-0.3, -0.25) is 9.67 Å². The summed E-state index contributed by atoms with van der Waals surface area (Å²) >= 11 is 3.39. The van der Waals surface area contributed by atoms with E-state index in [2.05, 4.69) is 50.6 Å². The lowest BCUT2D eigenvalue weighted by Crippen LogP contribution is -2.07. The second-order valence-electron chi connectivity index (χ2n) is 3.96. The molecule has 0 radical (unpaired) electrons.